The largest absolute Gasteiger partial charge is 0.383 e. The van der Waals surface area contributed by atoms with Gasteiger partial charge in [0.2, 0.25) is 0 Å². The molecule has 0 saturated heterocycles. The number of fused-ring (bicyclic) bond motifs is 1. The summed E-state index contributed by atoms with van der Waals surface area (Å²) < 4.78 is 0. The van der Waals surface area contributed by atoms with E-state index in [0.717, 1.165) is 6.54 Å². The smallest absolute Gasteiger partial charge is 0.0631 e. The second-order valence-electron chi connectivity index (χ2n) is 2.80. The number of allylic oxidation sites excluding steroid dienone is 2. The van der Waals surface area contributed by atoms with Crippen LogP contribution in [0.1, 0.15) is 0 Å². The molecule has 58 valence electrons. The van der Waals surface area contributed by atoms with Gasteiger partial charge in [-0.2, -0.15) is 0 Å². The molecule has 1 aliphatic heterocycles. The fourth-order valence-corrected chi connectivity index (χ4v) is 1.40. The SMILES string of the molecule is C1=CC2NC=CCNC2C=C1. The monoisotopic (exact) mass is 148 g/mol. The van der Waals surface area contributed by atoms with Crippen molar-refractivity contribution in [2.24, 2.45) is 0 Å². The van der Waals surface area contributed by atoms with Crippen molar-refractivity contribution >= 4 is 0 Å². The third-order valence-corrected chi connectivity index (χ3v) is 2.01. The van der Waals surface area contributed by atoms with Gasteiger partial charge in [0, 0.05) is 12.6 Å². The van der Waals surface area contributed by atoms with Crippen molar-refractivity contribution in [3.8, 4) is 0 Å². The van der Waals surface area contributed by atoms with Crippen molar-refractivity contribution < 1.29 is 0 Å². The first kappa shape index (κ1) is 6.68. The normalized spacial score (nSPS) is 34.2. The van der Waals surface area contributed by atoms with Gasteiger partial charge in [-0.3, -0.25) is 0 Å². The van der Waals surface area contributed by atoms with Crippen molar-refractivity contribution in [3.05, 3.63) is 36.6 Å². The number of hydrogen-bond donors (Lipinski definition) is 2. The molecule has 2 aliphatic rings. The zero-order valence-corrected chi connectivity index (χ0v) is 6.33. The summed E-state index contributed by atoms with van der Waals surface area (Å²) >= 11 is 0. The quantitative estimate of drug-likeness (QED) is 0.524. The summed E-state index contributed by atoms with van der Waals surface area (Å²) in [6, 6.07) is 0.883. The Labute approximate surface area is 66.7 Å². The lowest BCUT2D eigenvalue weighted by Crippen LogP contribution is -2.42. The molecule has 0 radical (unpaired) electrons. The first-order valence-electron chi connectivity index (χ1n) is 3.96. The van der Waals surface area contributed by atoms with Crippen LogP contribution in [0, 0.1) is 0 Å². The van der Waals surface area contributed by atoms with Gasteiger partial charge in [-0.15, -0.1) is 0 Å². The molecule has 11 heavy (non-hydrogen) atoms. The predicted octanol–water partition coefficient (Wildman–Crippen LogP) is 0.556. The Morgan fingerprint density at radius 3 is 2.82 bits per heavy atom. The Balaban J connectivity index is 2.13. The fourth-order valence-electron chi connectivity index (χ4n) is 1.40. The molecule has 0 saturated carbocycles. The molecule has 0 amide bonds. The van der Waals surface area contributed by atoms with Crippen LogP contribution in [-0.4, -0.2) is 18.6 Å². The lowest BCUT2D eigenvalue weighted by atomic mass is 10.0. The molecule has 0 aromatic rings. The molecule has 2 atom stereocenters. The van der Waals surface area contributed by atoms with Crippen LogP contribution in [0.15, 0.2) is 36.6 Å². The van der Waals surface area contributed by atoms with Crippen LogP contribution in [0.25, 0.3) is 0 Å². The Kier molecular flexibility index (Phi) is 1.78. The molecule has 1 aliphatic carbocycles. The number of nitrogens with one attached hydrogen (secondary N) is 2. The second kappa shape index (κ2) is 2.93. The zero-order valence-electron chi connectivity index (χ0n) is 6.33. The maximum absolute atomic E-state index is 3.40. The highest BCUT2D eigenvalue weighted by Crippen LogP contribution is 2.05. The van der Waals surface area contributed by atoms with Gasteiger partial charge in [0.15, 0.2) is 0 Å². The minimum Gasteiger partial charge on any atom is -0.383 e. The lowest BCUT2D eigenvalue weighted by molar-refractivity contribution is 0.543. The van der Waals surface area contributed by atoms with Crippen molar-refractivity contribution in [1.29, 1.82) is 0 Å². The summed E-state index contributed by atoms with van der Waals surface area (Å²) in [6.45, 7) is 0.951. The van der Waals surface area contributed by atoms with Gasteiger partial charge < -0.3 is 10.6 Å². The van der Waals surface area contributed by atoms with E-state index in [-0.39, 0.29) is 0 Å². The van der Waals surface area contributed by atoms with Crippen molar-refractivity contribution in [2.75, 3.05) is 6.54 Å². The van der Waals surface area contributed by atoms with Gasteiger partial charge >= 0.3 is 0 Å². The van der Waals surface area contributed by atoms with Crippen LogP contribution < -0.4 is 10.6 Å². The zero-order chi connectivity index (χ0) is 7.52. The van der Waals surface area contributed by atoms with Gasteiger partial charge in [-0.1, -0.05) is 30.4 Å². The van der Waals surface area contributed by atoms with Crippen LogP contribution in [0.3, 0.4) is 0 Å². The van der Waals surface area contributed by atoms with E-state index in [2.05, 4.69) is 41.0 Å². The number of hydrogen-bond acceptors (Lipinski definition) is 2. The molecule has 2 nitrogen and oxygen atoms in total. The molecular formula is C9H12N2. The van der Waals surface area contributed by atoms with E-state index in [1.54, 1.807) is 0 Å². The highest BCUT2D eigenvalue weighted by molar-refractivity contribution is 5.22. The van der Waals surface area contributed by atoms with Gasteiger partial charge in [0.05, 0.1) is 6.04 Å². The summed E-state index contributed by atoms with van der Waals surface area (Å²) in [5.74, 6) is 0. The van der Waals surface area contributed by atoms with E-state index in [1.165, 1.54) is 0 Å². The molecular weight excluding hydrogens is 136 g/mol. The third kappa shape index (κ3) is 1.35. The van der Waals surface area contributed by atoms with E-state index in [1.807, 2.05) is 6.20 Å². The average Bonchev–Trinajstić information content (AvgIpc) is 2.28. The van der Waals surface area contributed by atoms with Crippen LogP contribution in [-0.2, 0) is 0 Å². The van der Waals surface area contributed by atoms with Gasteiger partial charge in [-0.25, -0.2) is 0 Å². The first-order chi connectivity index (χ1) is 5.47. The highest BCUT2D eigenvalue weighted by atomic mass is 15.0. The molecule has 2 rings (SSSR count). The van der Waals surface area contributed by atoms with Crippen LogP contribution in [0.5, 0.6) is 0 Å². The van der Waals surface area contributed by atoms with Crippen molar-refractivity contribution in [2.45, 2.75) is 12.1 Å². The molecule has 2 heteroatoms. The number of rotatable bonds is 0. The molecule has 0 bridgehead atoms. The van der Waals surface area contributed by atoms with Crippen molar-refractivity contribution in [1.82, 2.24) is 10.6 Å². The van der Waals surface area contributed by atoms with E-state index >= 15 is 0 Å². The van der Waals surface area contributed by atoms with Gasteiger partial charge in [-0.05, 0) is 6.20 Å². The molecule has 1 heterocycles. The van der Waals surface area contributed by atoms with Gasteiger partial charge in [0.1, 0.15) is 0 Å². The minimum absolute atomic E-state index is 0.429. The Bertz CT molecular complexity index is 216. The molecule has 0 aromatic carbocycles. The Hall–Kier alpha value is -1.02. The highest BCUT2D eigenvalue weighted by Gasteiger charge is 2.16. The molecule has 0 spiro atoms. The van der Waals surface area contributed by atoms with E-state index in [0.29, 0.717) is 12.1 Å². The molecule has 0 aromatic heterocycles. The summed E-state index contributed by atoms with van der Waals surface area (Å²) in [4.78, 5) is 0. The standard InChI is InChI=1S/C9H12N2/c1-2-5-9-8(4-1)10-6-3-7-11-9/h1-6,8-11H,7H2. The maximum atomic E-state index is 3.40. The molecule has 2 unspecified atom stereocenters. The van der Waals surface area contributed by atoms with E-state index in [4.69, 9.17) is 0 Å². The van der Waals surface area contributed by atoms with Crippen molar-refractivity contribution in [3.63, 3.8) is 0 Å². The third-order valence-electron chi connectivity index (χ3n) is 2.01. The lowest BCUT2D eigenvalue weighted by Gasteiger charge is -2.22. The predicted molar refractivity (Wildman–Crippen MR) is 46.1 cm³/mol. The molecule has 2 N–H and O–H groups in total. The van der Waals surface area contributed by atoms with Crippen LogP contribution in [0.4, 0.5) is 0 Å². The van der Waals surface area contributed by atoms with E-state index in [9.17, 15) is 0 Å². The fraction of sp³-hybridized carbons (Fsp3) is 0.333. The van der Waals surface area contributed by atoms with E-state index < -0.39 is 0 Å². The van der Waals surface area contributed by atoms with Crippen LogP contribution >= 0.6 is 0 Å². The summed E-state index contributed by atoms with van der Waals surface area (Å²) in [7, 11) is 0. The Morgan fingerprint density at radius 1 is 1.09 bits per heavy atom. The van der Waals surface area contributed by atoms with Gasteiger partial charge in [0.25, 0.3) is 0 Å². The topological polar surface area (TPSA) is 24.1 Å². The van der Waals surface area contributed by atoms with Crippen LogP contribution in [0.2, 0.25) is 0 Å². The summed E-state index contributed by atoms with van der Waals surface area (Å²) in [6.07, 6.45) is 12.6. The Morgan fingerprint density at radius 2 is 1.91 bits per heavy atom. The summed E-state index contributed by atoms with van der Waals surface area (Å²) in [5, 5.41) is 6.70. The summed E-state index contributed by atoms with van der Waals surface area (Å²) in [5.41, 5.74) is 0. The molecule has 0 fully saturated rings. The maximum Gasteiger partial charge on any atom is 0.0631 e. The first-order valence-corrected chi connectivity index (χ1v) is 3.96. The average molecular weight is 148 g/mol. The minimum atomic E-state index is 0.429. The second-order valence-corrected chi connectivity index (χ2v) is 2.80.